The van der Waals surface area contributed by atoms with Gasteiger partial charge < -0.3 is 10.1 Å². The van der Waals surface area contributed by atoms with E-state index >= 15 is 0 Å². The second kappa shape index (κ2) is 6.54. The van der Waals surface area contributed by atoms with Crippen molar-refractivity contribution in [2.75, 3.05) is 16.8 Å². The summed E-state index contributed by atoms with van der Waals surface area (Å²) in [6.07, 6.45) is 6.13. The number of fused-ring (bicyclic) bond motifs is 3. The summed E-state index contributed by atoms with van der Waals surface area (Å²) in [4.78, 5) is 0. The first-order valence-electron chi connectivity index (χ1n) is 9.27. The van der Waals surface area contributed by atoms with E-state index in [1.165, 1.54) is 22.4 Å². The van der Waals surface area contributed by atoms with Gasteiger partial charge in [-0.2, -0.15) is 11.8 Å². The zero-order valence-electron chi connectivity index (χ0n) is 14.7. The molecule has 0 saturated carbocycles. The molecule has 0 radical (unpaired) electrons. The number of ether oxygens (including phenoxy) is 1. The third-order valence-electron chi connectivity index (χ3n) is 5.82. The van der Waals surface area contributed by atoms with Crippen LogP contribution in [0.2, 0.25) is 5.02 Å². The number of anilines is 1. The lowest BCUT2D eigenvalue weighted by Crippen LogP contribution is -2.31. The van der Waals surface area contributed by atoms with Crippen LogP contribution in [0.1, 0.15) is 35.1 Å². The number of benzene rings is 2. The van der Waals surface area contributed by atoms with Gasteiger partial charge in [0.05, 0.1) is 6.04 Å². The number of rotatable bonds is 3. The van der Waals surface area contributed by atoms with Crippen molar-refractivity contribution in [3.8, 4) is 5.75 Å². The van der Waals surface area contributed by atoms with Gasteiger partial charge in [0.15, 0.2) is 0 Å². The SMILES string of the molecule is Cc1ccc(Cl)c2c1N[C@@H](c1ccc(OC3CSC3)cc1)[C@@H]1CC=C[C@H]21. The lowest BCUT2D eigenvalue weighted by molar-refractivity contribution is 0.240. The van der Waals surface area contributed by atoms with Crippen LogP contribution in [0.3, 0.4) is 0 Å². The molecule has 0 amide bonds. The van der Waals surface area contributed by atoms with Crippen molar-refractivity contribution in [1.82, 2.24) is 0 Å². The van der Waals surface area contributed by atoms with Crippen LogP contribution < -0.4 is 10.1 Å². The molecule has 2 aliphatic heterocycles. The highest BCUT2D eigenvalue weighted by Crippen LogP contribution is 2.52. The summed E-state index contributed by atoms with van der Waals surface area (Å²) in [5.41, 5.74) is 5.06. The van der Waals surface area contributed by atoms with Crippen molar-refractivity contribution >= 4 is 29.1 Å². The Morgan fingerprint density at radius 3 is 2.65 bits per heavy atom. The third-order valence-corrected chi connectivity index (χ3v) is 7.37. The first-order chi connectivity index (χ1) is 12.7. The number of nitrogens with one attached hydrogen (secondary N) is 1. The largest absolute Gasteiger partial charge is 0.489 e. The fraction of sp³-hybridized carbons (Fsp3) is 0.364. The van der Waals surface area contributed by atoms with Gasteiger partial charge in [-0.15, -0.1) is 0 Å². The minimum absolute atomic E-state index is 0.299. The predicted octanol–water partition coefficient (Wildman–Crippen LogP) is 5.97. The maximum atomic E-state index is 6.57. The Bertz CT molecular complexity index is 859. The highest BCUT2D eigenvalue weighted by Gasteiger charge is 2.39. The van der Waals surface area contributed by atoms with Gasteiger partial charge in [-0.25, -0.2) is 0 Å². The number of halogens is 1. The standard InChI is InChI=1S/C22H22ClNOS/c1-13-5-10-19(23)20-17-3-2-4-18(17)22(24-21(13)20)14-6-8-15(9-7-14)25-16-11-26-12-16/h2-3,5-10,16-18,22,24H,4,11-12H2,1H3/t17-,18+,22-/m0/s1. The summed E-state index contributed by atoms with van der Waals surface area (Å²) in [5, 5.41) is 4.68. The molecule has 1 N–H and O–H groups in total. The average molecular weight is 384 g/mol. The minimum Gasteiger partial charge on any atom is -0.489 e. The lowest BCUT2D eigenvalue weighted by Gasteiger charge is -2.39. The van der Waals surface area contributed by atoms with E-state index < -0.39 is 0 Å². The van der Waals surface area contributed by atoms with Gasteiger partial charge in [0.1, 0.15) is 11.9 Å². The summed E-state index contributed by atoms with van der Waals surface area (Å²) in [6, 6.07) is 13.1. The Morgan fingerprint density at radius 2 is 1.92 bits per heavy atom. The van der Waals surface area contributed by atoms with E-state index in [2.05, 4.69) is 54.7 Å². The van der Waals surface area contributed by atoms with Gasteiger partial charge in [0.2, 0.25) is 0 Å². The molecule has 2 nitrogen and oxygen atoms in total. The Labute approximate surface area is 164 Å². The van der Waals surface area contributed by atoms with E-state index in [0.717, 1.165) is 28.7 Å². The molecule has 1 aliphatic carbocycles. The number of hydrogen-bond acceptors (Lipinski definition) is 3. The van der Waals surface area contributed by atoms with Crippen LogP contribution in [0.4, 0.5) is 5.69 Å². The molecule has 2 aromatic rings. The summed E-state index contributed by atoms with van der Waals surface area (Å²) >= 11 is 8.51. The van der Waals surface area contributed by atoms with Crippen molar-refractivity contribution in [2.45, 2.75) is 31.4 Å². The fourth-order valence-electron chi connectivity index (χ4n) is 4.37. The molecule has 3 atom stereocenters. The Balaban J connectivity index is 1.46. The molecule has 1 fully saturated rings. The average Bonchev–Trinajstić information content (AvgIpc) is 3.10. The zero-order valence-corrected chi connectivity index (χ0v) is 16.3. The third kappa shape index (κ3) is 2.73. The van der Waals surface area contributed by atoms with Crippen LogP contribution in [-0.2, 0) is 0 Å². The van der Waals surface area contributed by atoms with Crippen LogP contribution in [-0.4, -0.2) is 17.6 Å². The molecular weight excluding hydrogens is 362 g/mol. The molecule has 4 heteroatoms. The van der Waals surface area contributed by atoms with Crippen LogP contribution in [0.15, 0.2) is 48.6 Å². The van der Waals surface area contributed by atoms with E-state index in [-0.39, 0.29) is 0 Å². The van der Waals surface area contributed by atoms with E-state index in [0.29, 0.717) is 24.0 Å². The van der Waals surface area contributed by atoms with Gasteiger partial charge in [-0.3, -0.25) is 0 Å². The van der Waals surface area contributed by atoms with Gasteiger partial charge >= 0.3 is 0 Å². The minimum atomic E-state index is 0.299. The highest BCUT2D eigenvalue weighted by atomic mass is 35.5. The summed E-state index contributed by atoms with van der Waals surface area (Å²) in [6.45, 7) is 2.16. The molecule has 0 bridgehead atoms. The molecule has 2 aromatic carbocycles. The van der Waals surface area contributed by atoms with Gasteiger partial charge in [0, 0.05) is 33.7 Å². The van der Waals surface area contributed by atoms with Crippen molar-refractivity contribution in [3.05, 3.63) is 70.3 Å². The summed E-state index contributed by atoms with van der Waals surface area (Å²) < 4.78 is 6.00. The molecule has 0 unspecified atom stereocenters. The molecule has 0 aromatic heterocycles. The fourth-order valence-corrected chi connectivity index (χ4v) is 5.22. The van der Waals surface area contributed by atoms with Crippen LogP contribution >= 0.6 is 23.4 Å². The number of allylic oxidation sites excluding steroid dienone is 2. The maximum absolute atomic E-state index is 6.57. The normalized spacial score (nSPS) is 26.6. The molecule has 2 heterocycles. The van der Waals surface area contributed by atoms with E-state index in [1.54, 1.807) is 0 Å². The second-order valence-corrected chi connectivity index (χ2v) is 8.96. The molecule has 26 heavy (non-hydrogen) atoms. The number of hydrogen-bond donors (Lipinski definition) is 1. The van der Waals surface area contributed by atoms with Gasteiger partial charge in [-0.05, 0) is 48.6 Å². The van der Waals surface area contributed by atoms with E-state index in [1.807, 2.05) is 17.8 Å². The van der Waals surface area contributed by atoms with Crippen molar-refractivity contribution in [2.24, 2.45) is 5.92 Å². The van der Waals surface area contributed by atoms with Crippen LogP contribution in [0.25, 0.3) is 0 Å². The maximum Gasteiger partial charge on any atom is 0.119 e. The van der Waals surface area contributed by atoms with Gasteiger partial charge in [-0.1, -0.05) is 42.0 Å². The lowest BCUT2D eigenvalue weighted by atomic mass is 9.76. The topological polar surface area (TPSA) is 21.3 Å². The number of aryl methyl sites for hydroxylation is 1. The smallest absolute Gasteiger partial charge is 0.119 e. The quantitative estimate of drug-likeness (QED) is 0.660. The molecule has 3 aliphatic rings. The first kappa shape index (κ1) is 16.6. The van der Waals surface area contributed by atoms with E-state index in [4.69, 9.17) is 16.3 Å². The molecule has 0 spiro atoms. The first-order valence-corrected chi connectivity index (χ1v) is 10.8. The zero-order chi connectivity index (χ0) is 17.7. The Kier molecular flexibility index (Phi) is 4.17. The van der Waals surface area contributed by atoms with E-state index in [9.17, 15) is 0 Å². The Morgan fingerprint density at radius 1 is 1.12 bits per heavy atom. The highest BCUT2D eigenvalue weighted by molar-refractivity contribution is 8.00. The second-order valence-electron chi connectivity index (χ2n) is 7.47. The molecule has 134 valence electrons. The monoisotopic (exact) mass is 383 g/mol. The molecular formula is C22H22ClNOS. The van der Waals surface area contributed by atoms with Crippen molar-refractivity contribution in [3.63, 3.8) is 0 Å². The van der Waals surface area contributed by atoms with Gasteiger partial charge in [0.25, 0.3) is 0 Å². The number of thioether (sulfide) groups is 1. The Hall–Kier alpha value is -1.58. The summed E-state index contributed by atoms with van der Waals surface area (Å²) in [7, 11) is 0. The molecule has 1 saturated heterocycles. The summed E-state index contributed by atoms with van der Waals surface area (Å²) in [5.74, 6) is 4.11. The predicted molar refractivity (Wildman–Crippen MR) is 111 cm³/mol. The van der Waals surface area contributed by atoms with Crippen LogP contribution in [0, 0.1) is 12.8 Å². The van der Waals surface area contributed by atoms with Crippen molar-refractivity contribution < 1.29 is 4.74 Å². The van der Waals surface area contributed by atoms with Crippen LogP contribution in [0.5, 0.6) is 5.75 Å². The molecule has 5 rings (SSSR count). The van der Waals surface area contributed by atoms with Crippen molar-refractivity contribution in [1.29, 1.82) is 0 Å².